The van der Waals surface area contributed by atoms with Gasteiger partial charge in [-0.2, -0.15) is 13.2 Å². The van der Waals surface area contributed by atoms with Gasteiger partial charge in [-0.25, -0.2) is 4.39 Å². The fourth-order valence-electron chi connectivity index (χ4n) is 3.34. The van der Waals surface area contributed by atoms with Crippen LogP contribution in [0.1, 0.15) is 24.0 Å². The van der Waals surface area contributed by atoms with Gasteiger partial charge < -0.3 is 10.2 Å². The number of nitrogens with zero attached hydrogens (tertiary/aromatic N) is 1. The van der Waals surface area contributed by atoms with Crippen LogP contribution in [0.15, 0.2) is 18.2 Å². The maximum Gasteiger partial charge on any atom is 0.419 e. The Morgan fingerprint density at radius 3 is 2.48 bits per heavy atom. The van der Waals surface area contributed by atoms with E-state index in [0.717, 1.165) is 44.6 Å². The molecule has 1 aromatic carbocycles. The molecule has 0 saturated carbocycles. The molecule has 3 aliphatic heterocycles. The van der Waals surface area contributed by atoms with E-state index in [1.165, 1.54) is 6.07 Å². The van der Waals surface area contributed by atoms with Gasteiger partial charge in [0.15, 0.2) is 0 Å². The molecule has 6 heteroatoms. The Kier molecular flexibility index (Phi) is 3.92. The van der Waals surface area contributed by atoms with E-state index in [9.17, 15) is 17.6 Å². The maximum atomic E-state index is 13.2. The second kappa shape index (κ2) is 5.57. The van der Waals surface area contributed by atoms with Crippen molar-refractivity contribution in [1.29, 1.82) is 0 Å². The predicted octanol–water partition coefficient (Wildman–Crippen LogP) is 3.03. The van der Waals surface area contributed by atoms with Crippen molar-refractivity contribution in [2.45, 2.75) is 31.6 Å². The van der Waals surface area contributed by atoms with Gasteiger partial charge >= 0.3 is 6.18 Å². The minimum Gasteiger partial charge on any atom is -0.308 e. The maximum absolute atomic E-state index is 13.2. The highest BCUT2D eigenvalue weighted by Crippen LogP contribution is 2.32. The van der Waals surface area contributed by atoms with E-state index >= 15 is 0 Å². The normalized spacial score (nSPS) is 28.9. The molecule has 1 atom stereocenters. The van der Waals surface area contributed by atoms with Crippen LogP contribution in [-0.4, -0.2) is 30.6 Å². The molecule has 0 radical (unpaired) electrons. The Morgan fingerprint density at radius 2 is 1.90 bits per heavy atom. The lowest BCUT2D eigenvalue weighted by Crippen LogP contribution is -2.55. The van der Waals surface area contributed by atoms with Crippen molar-refractivity contribution in [1.82, 2.24) is 10.2 Å². The Morgan fingerprint density at radius 1 is 1.19 bits per heavy atom. The molecule has 0 aromatic heterocycles. The molecule has 4 rings (SSSR count). The molecule has 21 heavy (non-hydrogen) atoms. The number of hydrogen-bond acceptors (Lipinski definition) is 2. The van der Waals surface area contributed by atoms with Crippen LogP contribution in [0.25, 0.3) is 0 Å². The molecule has 3 saturated heterocycles. The molecule has 0 aliphatic carbocycles. The van der Waals surface area contributed by atoms with Gasteiger partial charge in [-0.05, 0) is 49.5 Å². The summed E-state index contributed by atoms with van der Waals surface area (Å²) in [4.78, 5) is 2.38. The van der Waals surface area contributed by atoms with Crippen molar-refractivity contribution >= 4 is 0 Å². The first-order valence-corrected chi connectivity index (χ1v) is 7.25. The summed E-state index contributed by atoms with van der Waals surface area (Å²) in [6.45, 7) is 3.55. The van der Waals surface area contributed by atoms with Gasteiger partial charge in [-0.1, -0.05) is 6.07 Å². The third kappa shape index (κ3) is 3.21. The highest BCUT2D eigenvalue weighted by molar-refractivity contribution is 5.27. The zero-order chi connectivity index (χ0) is 15.0. The molecule has 2 nitrogen and oxygen atoms in total. The number of piperidine rings is 3. The van der Waals surface area contributed by atoms with Gasteiger partial charge in [0.1, 0.15) is 5.82 Å². The smallest absolute Gasteiger partial charge is 0.308 e. The summed E-state index contributed by atoms with van der Waals surface area (Å²) in [5, 5.41) is 3.34. The minimum absolute atomic E-state index is 0.326. The van der Waals surface area contributed by atoms with Gasteiger partial charge in [-0.15, -0.1) is 0 Å². The molecule has 3 aliphatic rings. The molecule has 0 spiro atoms. The average molecular weight is 302 g/mol. The number of benzene rings is 1. The third-order valence-electron chi connectivity index (χ3n) is 4.56. The van der Waals surface area contributed by atoms with E-state index in [0.29, 0.717) is 24.1 Å². The molecule has 3 fully saturated rings. The molecule has 2 bridgehead atoms. The van der Waals surface area contributed by atoms with Crippen molar-refractivity contribution in [3.05, 3.63) is 35.1 Å². The highest BCUT2D eigenvalue weighted by Gasteiger charge is 2.35. The van der Waals surface area contributed by atoms with E-state index < -0.39 is 17.6 Å². The average Bonchev–Trinajstić information content (AvgIpc) is 2.46. The van der Waals surface area contributed by atoms with E-state index in [1.807, 2.05) is 0 Å². The van der Waals surface area contributed by atoms with Crippen molar-refractivity contribution in [2.24, 2.45) is 5.92 Å². The van der Waals surface area contributed by atoms with Crippen LogP contribution in [-0.2, 0) is 12.7 Å². The summed E-state index contributed by atoms with van der Waals surface area (Å²) in [6.07, 6.45) is -2.35. The molecular formula is C15H18F4N2. The Hall–Kier alpha value is -1.14. The lowest BCUT2D eigenvalue weighted by Gasteiger charge is -2.45. The number of halogens is 4. The molecule has 1 N–H and O–H groups in total. The zero-order valence-electron chi connectivity index (χ0n) is 11.6. The van der Waals surface area contributed by atoms with Crippen LogP contribution in [0.5, 0.6) is 0 Å². The summed E-state index contributed by atoms with van der Waals surface area (Å²) in [5.74, 6) is -0.605. The first-order valence-electron chi connectivity index (χ1n) is 7.25. The molecule has 116 valence electrons. The van der Waals surface area contributed by atoms with Crippen molar-refractivity contribution in [2.75, 3.05) is 19.6 Å². The van der Waals surface area contributed by atoms with Crippen LogP contribution in [0.4, 0.5) is 17.6 Å². The number of nitrogens with one attached hydrogen (secondary N) is 1. The van der Waals surface area contributed by atoms with Gasteiger partial charge in [-0.3, -0.25) is 0 Å². The number of rotatable bonds is 3. The second-order valence-electron chi connectivity index (χ2n) is 5.94. The Labute approximate surface area is 121 Å². The van der Waals surface area contributed by atoms with Gasteiger partial charge in [0.25, 0.3) is 0 Å². The summed E-state index contributed by atoms with van der Waals surface area (Å²) in [5.41, 5.74) is -0.712. The van der Waals surface area contributed by atoms with Crippen LogP contribution in [0.3, 0.4) is 0 Å². The van der Waals surface area contributed by atoms with Gasteiger partial charge in [0.2, 0.25) is 0 Å². The quantitative estimate of drug-likeness (QED) is 0.864. The van der Waals surface area contributed by atoms with Gasteiger partial charge in [0.05, 0.1) is 5.56 Å². The van der Waals surface area contributed by atoms with Crippen molar-refractivity contribution in [3.63, 3.8) is 0 Å². The monoisotopic (exact) mass is 302 g/mol. The number of fused-ring (bicyclic) bond motifs is 3. The molecule has 1 unspecified atom stereocenters. The van der Waals surface area contributed by atoms with Crippen LogP contribution < -0.4 is 5.32 Å². The summed E-state index contributed by atoms with van der Waals surface area (Å²) >= 11 is 0. The Balaban J connectivity index is 1.66. The molecule has 0 amide bonds. The number of alkyl halides is 3. The van der Waals surface area contributed by atoms with Crippen molar-refractivity contribution in [3.8, 4) is 0 Å². The van der Waals surface area contributed by atoms with E-state index in [1.54, 1.807) is 0 Å². The van der Waals surface area contributed by atoms with E-state index in [2.05, 4.69) is 10.2 Å². The van der Waals surface area contributed by atoms with Crippen LogP contribution in [0.2, 0.25) is 0 Å². The van der Waals surface area contributed by atoms with E-state index in [-0.39, 0.29) is 0 Å². The summed E-state index contributed by atoms with van der Waals surface area (Å²) in [7, 11) is 0. The zero-order valence-corrected chi connectivity index (χ0v) is 11.6. The lowest BCUT2D eigenvalue weighted by atomic mass is 9.84. The molecular weight excluding hydrogens is 284 g/mol. The lowest BCUT2D eigenvalue weighted by molar-refractivity contribution is -0.140. The minimum atomic E-state index is -4.64. The predicted molar refractivity (Wildman–Crippen MR) is 71.2 cm³/mol. The first kappa shape index (κ1) is 14.8. The third-order valence-corrected chi connectivity index (χ3v) is 4.56. The first-order chi connectivity index (χ1) is 9.93. The summed E-state index contributed by atoms with van der Waals surface area (Å²) < 4.78 is 51.3. The van der Waals surface area contributed by atoms with Crippen LogP contribution in [0, 0.1) is 11.7 Å². The topological polar surface area (TPSA) is 15.3 Å². The second-order valence-corrected chi connectivity index (χ2v) is 5.94. The SMILES string of the molecule is Fc1ccc(CNC2CN3CCC2CC3)cc1C(F)(F)F. The molecule has 1 aromatic rings. The Bertz CT molecular complexity index is 507. The fraction of sp³-hybridized carbons (Fsp3) is 0.600. The van der Waals surface area contributed by atoms with Crippen LogP contribution >= 0.6 is 0 Å². The molecule has 3 heterocycles. The number of hydrogen-bond donors (Lipinski definition) is 1. The van der Waals surface area contributed by atoms with E-state index in [4.69, 9.17) is 0 Å². The highest BCUT2D eigenvalue weighted by atomic mass is 19.4. The standard InChI is InChI=1S/C15H18F4N2/c16-13-2-1-10(7-12(13)15(17,18)19)8-20-14-9-21-5-3-11(14)4-6-21/h1-2,7,11,14,20H,3-6,8-9H2. The fourth-order valence-corrected chi connectivity index (χ4v) is 3.34. The largest absolute Gasteiger partial charge is 0.419 e. The van der Waals surface area contributed by atoms with Gasteiger partial charge in [0, 0.05) is 19.1 Å². The van der Waals surface area contributed by atoms with Crippen molar-refractivity contribution < 1.29 is 17.6 Å². The summed E-state index contributed by atoms with van der Waals surface area (Å²) in [6, 6.07) is 3.55.